The Morgan fingerprint density at radius 3 is 2.91 bits per heavy atom. The van der Waals surface area contributed by atoms with E-state index in [0.29, 0.717) is 5.92 Å². The Hall–Kier alpha value is -0.560. The van der Waals surface area contributed by atoms with Crippen LogP contribution in [0.25, 0.3) is 0 Å². The molecule has 11 heavy (non-hydrogen) atoms. The van der Waals surface area contributed by atoms with Crippen molar-refractivity contribution in [2.24, 2.45) is 5.92 Å². The van der Waals surface area contributed by atoms with E-state index in [1.165, 1.54) is 5.57 Å². The van der Waals surface area contributed by atoms with E-state index in [0.717, 1.165) is 13.1 Å². The van der Waals surface area contributed by atoms with Crippen LogP contribution in [0, 0.1) is 5.92 Å². The van der Waals surface area contributed by atoms with Gasteiger partial charge < -0.3 is 5.32 Å². The minimum Gasteiger partial charge on any atom is -0.312 e. The van der Waals surface area contributed by atoms with Crippen molar-refractivity contribution in [2.75, 3.05) is 13.1 Å². The molecule has 1 atom stereocenters. The summed E-state index contributed by atoms with van der Waals surface area (Å²) in [5.74, 6) is 0.704. The summed E-state index contributed by atoms with van der Waals surface area (Å²) < 4.78 is 0. The molecule has 0 fully saturated rings. The Morgan fingerprint density at radius 2 is 2.27 bits per heavy atom. The van der Waals surface area contributed by atoms with Crippen LogP contribution < -0.4 is 5.32 Å². The zero-order chi connectivity index (χ0) is 8.27. The van der Waals surface area contributed by atoms with Gasteiger partial charge in [-0.3, -0.25) is 0 Å². The molecule has 1 heteroatoms. The van der Waals surface area contributed by atoms with Crippen molar-refractivity contribution in [3.8, 4) is 0 Å². The van der Waals surface area contributed by atoms with Crippen molar-refractivity contribution >= 4 is 0 Å². The maximum atomic E-state index is 3.39. The molecule has 1 aliphatic heterocycles. The summed E-state index contributed by atoms with van der Waals surface area (Å²) in [5.41, 5.74) is 3.01. The first kappa shape index (κ1) is 8.54. The van der Waals surface area contributed by atoms with Gasteiger partial charge in [-0.1, -0.05) is 24.6 Å². The summed E-state index contributed by atoms with van der Waals surface area (Å²) >= 11 is 0. The third-order valence-electron chi connectivity index (χ3n) is 2.38. The van der Waals surface area contributed by atoms with Crippen molar-refractivity contribution in [3.05, 3.63) is 23.3 Å². The van der Waals surface area contributed by atoms with Gasteiger partial charge in [-0.25, -0.2) is 0 Å². The zero-order valence-corrected chi connectivity index (χ0v) is 7.65. The molecule has 0 radical (unpaired) electrons. The van der Waals surface area contributed by atoms with Crippen LogP contribution in [0.4, 0.5) is 0 Å². The Morgan fingerprint density at radius 1 is 1.55 bits per heavy atom. The second-order valence-electron chi connectivity index (χ2n) is 3.24. The molecule has 1 unspecified atom stereocenters. The average Bonchev–Trinajstić information content (AvgIpc) is 1.99. The van der Waals surface area contributed by atoms with E-state index in [1.54, 1.807) is 5.57 Å². The molecule has 0 saturated carbocycles. The van der Waals surface area contributed by atoms with E-state index in [2.05, 4.69) is 38.2 Å². The van der Waals surface area contributed by atoms with Crippen molar-refractivity contribution in [2.45, 2.75) is 20.8 Å². The van der Waals surface area contributed by atoms with E-state index in [-0.39, 0.29) is 0 Å². The largest absolute Gasteiger partial charge is 0.312 e. The fraction of sp³-hybridized carbons (Fsp3) is 0.600. The molecule has 1 aliphatic rings. The zero-order valence-electron chi connectivity index (χ0n) is 7.65. The van der Waals surface area contributed by atoms with Crippen molar-refractivity contribution in [3.63, 3.8) is 0 Å². The number of nitrogens with one attached hydrogen (secondary N) is 1. The third-order valence-corrected chi connectivity index (χ3v) is 2.38. The van der Waals surface area contributed by atoms with Crippen LogP contribution in [0.2, 0.25) is 0 Å². The molecular weight excluding hydrogens is 134 g/mol. The monoisotopic (exact) mass is 151 g/mol. The van der Waals surface area contributed by atoms with E-state index in [1.807, 2.05) is 0 Å². The molecule has 0 saturated heterocycles. The average molecular weight is 151 g/mol. The highest BCUT2D eigenvalue weighted by molar-refractivity contribution is 5.29. The van der Waals surface area contributed by atoms with Crippen LogP contribution in [-0.4, -0.2) is 13.1 Å². The van der Waals surface area contributed by atoms with Crippen LogP contribution in [-0.2, 0) is 0 Å². The second kappa shape index (κ2) is 3.72. The molecule has 1 nitrogen and oxygen atoms in total. The van der Waals surface area contributed by atoms with Crippen LogP contribution in [0.5, 0.6) is 0 Å². The van der Waals surface area contributed by atoms with Gasteiger partial charge in [0.25, 0.3) is 0 Å². The van der Waals surface area contributed by atoms with Crippen LogP contribution in [0.3, 0.4) is 0 Å². The van der Waals surface area contributed by atoms with Gasteiger partial charge in [-0.05, 0) is 25.3 Å². The summed E-state index contributed by atoms with van der Waals surface area (Å²) in [4.78, 5) is 0. The normalized spacial score (nSPS) is 26.6. The summed E-state index contributed by atoms with van der Waals surface area (Å²) in [6.45, 7) is 8.75. The van der Waals surface area contributed by atoms with Gasteiger partial charge in [0, 0.05) is 13.1 Å². The molecule has 0 aromatic carbocycles. The molecule has 0 spiro atoms. The lowest BCUT2D eigenvalue weighted by Crippen LogP contribution is -2.29. The van der Waals surface area contributed by atoms with Crippen LogP contribution in [0.1, 0.15) is 20.8 Å². The van der Waals surface area contributed by atoms with Crippen LogP contribution >= 0.6 is 0 Å². The molecule has 0 amide bonds. The second-order valence-corrected chi connectivity index (χ2v) is 3.24. The summed E-state index contributed by atoms with van der Waals surface area (Å²) in [6.07, 6.45) is 4.32. The van der Waals surface area contributed by atoms with Gasteiger partial charge in [-0.2, -0.15) is 0 Å². The molecule has 0 aromatic rings. The molecule has 0 aliphatic carbocycles. The number of allylic oxidation sites excluding steroid dienone is 1. The molecular formula is C10H17N. The molecule has 0 bridgehead atoms. The van der Waals surface area contributed by atoms with Crippen molar-refractivity contribution < 1.29 is 0 Å². The topological polar surface area (TPSA) is 12.0 Å². The first-order valence-corrected chi connectivity index (χ1v) is 4.28. The maximum Gasteiger partial charge on any atom is 0.0205 e. The lowest BCUT2D eigenvalue weighted by Gasteiger charge is -2.22. The Labute approximate surface area is 69.2 Å². The van der Waals surface area contributed by atoms with Crippen LogP contribution in [0.15, 0.2) is 23.3 Å². The minimum atomic E-state index is 0.704. The van der Waals surface area contributed by atoms with Gasteiger partial charge in [0.2, 0.25) is 0 Å². The van der Waals surface area contributed by atoms with Gasteiger partial charge in [0.15, 0.2) is 0 Å². The number of rotatable bonds is 1. The fourth-order valence-electron chi connectivity index (χ4n) is 1.42. The van der Waals surface area contributed by atoms with E-state index in [9.17, 15) is 0 Å². The third kappa shape index (κ3) is 1.93. The van der Waals surface area contributed by atoms with E-state index in [4.69, 9.17) is 0 Å². The first-order valence-electron chi connectivity index (χ1n) is 4.28. The van der Waals surface area contributed by atoms with E-state index < -0.39 is 0 Å². The Bertz CT molecular complexity index is 189. The summed E-state index contributed by atoms with van der Waals surface area (Å²) in [5, 5.41) is 3.39. The predicted molar refractivity (Wildman–Crippen MR) is 49.5 cm³/mol. The molecule has 1 N–H and O–H groups in total. The standard InChI is InChI=1S/C10H17N/c1-4-5-10-7-11-6-8(2)9(10)3/h4-5,8,11H,6-7H2,1-3H3/b5-4-. The molecule has 1 heterocycles. The van der Waals surface area contributed by atoms with Crippen molar-refractivity contribution in [1.82, 2.24) is 5.32 Å². The fourth-order valence-corrected chi connectivity index (χ4v) is 1.42. The first-order chi connectivity index (χ1) is 5.25. The number of hydrogen-bond acceptors (Lipinski definition) is 1. The van der Waals surface area contributed by atoms with E-state index >= 15 is 0 Å². The minimum absolute atomic E-state index is 0.704. The SMILES string of the molecule is C/C=C\C1=C(C)C(C)CNC1. The molecule has 62 valence electrons. The van der Waals surface area contributed by atoms with Gasteiger partial charge in [0.1, 0.15) is 0 Å². The van der Waals surface area contributed by atoms with Gasteiger partial charge in [-0.15, -0.1) is 0 Å². The van der Waals surface area contributed by atoms with Gasteiger partial charge >= 0.3 is 0 Å². The molecule has 1 rings (SSSR count). The maximum absolute atomic E-state index is 3.39. The summed E-state index contributed by atoms with van der Waals surface area (Å²) in [6, 6.07) is 0. The smallest absolute Gasteiger partial charge is 0.0205 e. The number of hydrogen-bond donors (Lipinski definition) is 1. The highest BCUT2D eigenvalue weighted by Gasteiger charge is 2.12. The Balaban J connectivity index is 2.79. The van der Waals surface area contributed by atoms with Crippen molar-refractivity contribution in [1.29, 1.82) is 0 Å². The van der Waals surface area contributed by atoms with Gasteiger partial charge in [0.05, 0.1) is 0 Å². The summed E-state index contributed by atoms with van der Waals surface area (Å²) in [7, 11) is 0. The predicted octanol–water partition coefficient (Wildman–Crippen LogP) is 2.12. The quantitative estimate of drug-likeness (QED) is 0.605. The lowest BCUT2D eigenvalue weighted by molar-refractivity contribution is 0.557. The Kier molecular flexibility index (Phi) is 2.89. The lowest BCUT2D eigenvalue weighted by atomic mass is 9.93. The highest BCUT2D eigenvalue weighted by atomic mass is 14.9. The molecule has 0 aromatic heterocycles. The highest BCUT2D eigenvalue weighted by Crippen LogP contribution is 2.18.